The van der Waals surface area contributed by atoms with Gasteiger partial charge < -0.3 is 9.42 Å². The van der Waals surface area contributed by atoms with Crippen molar-refractivity contribution in [2.75, 3.05) is 40.9 Å². The first-order chi connectivity index (χ1) is 7.04. The molecule has 0 fully saturated rings. The fraction of sp³-hybridized carbons (Fsp3) is 1.00. The summed E-state index contributed by atoms with van der Waals surface area (Å²) in [6, 6.07) is 0. The maximum absolute atomic E-state index is 11.7. The van der Waals surface area contributed by atoms with E-state index in [0.29, 0.717) is 13.2 Å². The van der Waals surface area contributed by atoms with Crippen molar-refractivity contribution < 1.29 is 13.6 Å². The summed E-state index contributed by atoms with van der Waals surface area (Å²) in [6.45, 7) is 3.86. The molecule has 1 N–H and O–H groups in total. The first-order valence-corrected chi connectivity index (χ1v) is 6.78. The van der Waals surface area contributed by atoms with Crippen LogP contribution in [0.1, 0.15) is 19.8 Å². The van der Waals surface area contributed by atoms with E-state index in [1.807, 2.05) is 14.1 Å². The van der Waals surface area contributed by atoms with Gasteiger partial charge in [-0.3, -0.25) is 4.52 Å². The lowest BCUT2D eigenvalue weighted by Crippen LogP contribution is -2.18. The van der Waals surface area contributed by atoms with E-state index in [9.17, 15) is 4.57 Å². The van der Waals surface area contributed by atoms with Crippen molar-refractivity contribution in [2.45, 2.75) is 19.8 Å². The summed E-state index contributed by atoms with van der Waals surface area (Å²) >= 11 is 0. The monoisotopic (exact) mass is 238 g/mol. The molecule has 0 rings (SSSR count). The summed E-state index contributed by atoms with van der Waals surface area (Å²) in [4.78, 5) is 2.12. The molecule has 0 radical (unpaired) electrons. The lowest BCUT2D eigenvalue weighted by molar-refractivity contribution is 0.234. The van der Waals surface area contributed by atoms with E-state index in [-0.39, 0.29) is 0 Å². The van der Waals surface area contributed by atoms with Crippen molar-refractivity contribution in [3.8, 4) is 0 Å². The van der Waals surface area contributed by atoms with Gasteiger partial charge in [-0.1, -0.05) is 0 Å². The molecule has 0 saturated heterocycles. The highest BCUT2D eigenvalue weighted by Crippen LogP contribution is 2.42. The maximum atomic E-state index is 11.7. The molecule has 0 heterocycles. The first-order valence-electron chi connectivity index (χ1n) is 5.24. The largest absolute Gasteiger partial charge is 0.405 e. The van der Waals surface area contributed by atoms with Gasteiger partial charge in [0.2, 0.25) is 0 Å². The average Bonchev–Trinajstić information content (AvgIpc) is 2.17. The Morgan fingerprint density at radius 3 is 2.47 bits per heavy atom. The Hall–Kier alpha value is 0.0700. The molecule has 0 amide bonds. The molecule has 0 aliphatic carbocycles. The van der Waals surface area contributed by atoms with E-state index in [1.165, 1.54) is 7.11 Å². The summed E-state index contributed by atoms with van der Waals surface area (Å²) < 4.78 is 21.5. The van der Waals surface area contributed by atoms with Gasteiger partial charge in [0.1, 0.15) is 0 Å². The molecule has 15 heavy (non-hydrogen) atoms. The minimum absolute atomic E-state index is 0.385. The van der Waals surface area contributed by atoms with Crippen molar-refractivity contribution in [2.24, 2.45) is 0 Å². The summed E-state index contributed by atoms with van der Waals surface area (Å²) in [6.07, 6.45) is 2.02. The van der Waals surface area contributed by atoms with Crippen molar-refractivity contribution in [3.63, 3.8) is 0 Å². The van der Waals surface area contributed by atoms with E-state index in [0.717, 1.165) is 19.4 Å². The zero-order valence-electron chi connectivity index (χ0n) is 10.2. The standard InChI is InChI=1S/C9H23N2O3P/c1-5-14-15(12,13-4)10-8-6-7-9-11(2)3/h5-9H2,1-4H3,(H,10,12). The van der Waals surface area contributed by atoms with E-state index in [4.69, 9.17) is 9.05 Å². The zero-order chi connectivity index (χ0) is 11.7. The molecular weight excluding hydrogens is 215 g/mol. The van der Waals surface area contributed by atoms with Gasteiger partial charge in [-0.25, -0.2) is 9.65 Å². The van der Waals surface area contributed by atoms with Crippen molar-refractivity contribution >= 4 is 7.75 Å². The molecule has 5 nitrogen and oxygen atoms in total. The van der Waals surface area contributed by atoms with Crippen molar-refractivity contribution in [1.82, 2.24) is 9.99 Å². The SMILES string of the molecule is CCOP(=O)(NCCCCN(C)C)OC. The Morgan fingerprint density at radius 2 is 2.00 bits per heavy atom. The molecule has 6 heteroatoms. The van der Waals surface area contributed by atoms with Crippen LogP contribution in [0.4, 0.5) is 0 Å². The number of hydrogen-bond donors (Lipinski definition) is 1. The van der Waals surface area contributed by atoms with Crippen LogP contribution in [0.15, 0.2) is 0 Å². The lowest BCUT2D eigenvalue weighted by atomic mass is 10.3. The summed E-state index contributed by atoms with van der Waals surface area (Å²) in [5, 5.41) is 2.81. The highest BCUT2D eigenvalue weighted by molar-refractivity contribution is 7.51. The van der Waals surface area contributed by atoms with Crippen LogP contribution >= 0.6 is 7.75 Å². The smallest absolute Gasteiger partial charge is 0.309 e. The Kier molecular flexibility index (Phi) is 8.29. The Labute approximate surface area is 92.7 Å². The van der Waals surface area contributed by atoms with E-state index in [2.05, 4.69) is 9.99 Å². The molecule has 92 valence electrons. The van der Waals surface area contributed by atoms with Gasteiger partial charge in [0.05, 0.1) is 6.61 Å². The molecule has 0 spiro atoms. The molecule has 1 atom stereocenters. The molecule has 0 aromatic carbocycles. The van der Waals surface area contributed by atoms with E-state index < -0.39 is 7.75 Å². The molecule has 0 aromatic rings. The molecule has 0 aromatic heterocycles. The van der Waals surface area contributed by atoms with Gasteiger partial charge in [0.25, 0.3) is 0 Å². The topological polar surface area (TPSA) is 50.8 Å². The van der Waals surface area contributed by atoms with Gasteiger partial charge in [-0.15, -0.1) is 0 Å². The normalized spacial score (nSPS) is 15.5. The second-order valence-corrected chi connectivity index (χ2v) is 5.45. The Morgan fingerprint density at radius 1 is 1.33 bits per heavy atom. The van der Waals surface area contributed by atoms with Crippen LogP contribution in [0.25, 0.3) is 0 Å². The predicted octanol–water partition coefficient (Wildman–Crippen LogP) is 1.71. The molecule has 1 unspecified atom stereocenters. The lowest BCUT2D eigenvalue weighted by Gasteiger charge is -2.16. The highest BCUT2D eigenvalue weighted by atomic mass is 31.2. The fourth-order valence-corrected chi connectivity index (χ4v) is 2.20. The summed E-state index contributed by atoms with van der Waals surface area (Å²) in [7, 11) is 2.44. The van der Waals surface area contributed by atoms with Crippen LogP contribution in [0.3, 0.4) is 0 Å². The van der Waals surface area contributed by atoms with Crippen LogP contribution in [0.2, 0.25) is 0 Å². The first kappa shape index (κ1) is 15.1. The molecule has 0 bridgehead atoms. The fourth-order valence-electron chi connectivity index (χ4n) is 1.10. The predicted molar refractivity (Wildman–Crippen MR) is 62.0 cm³/mol. The third-order valence-corrected chi connectivity index (χ3v) is 3.57. The maximum Gasteiger partial charge on any atom is 0.405 e. The van der Waals surface area contributed by atoms with Crippen LogP contribution < -0.4 is 5.09 Å². The van der Waals surface area contributed by atoms with Crippen LogP contribution in [0.5, 0.6) is 0 Å². The number of unbranched alkanes of at least 4 members (excludes halogenated alkanes) is 1. The Balaban J connectivity index is 3.59. The van der Waals surface area contributed by atoms with Gasteiger partial charge >= 0.3 is 7.75 Å². The van der Waals surface area contributed by atoms with Gasteiger partial charge in [-0.2, -0.15) is 0 Å². The third kappa shape index (κ3) is 7.94. The van der Waals surface area contributed by atoms with Gasteiger partial charge in [-0.05, 0) is 40.4 Å². The Bertz CT molecular complexity index is 200. The second kappa shape index (κ2) is 8.25. The van der Waals surface area contributed by atoms with Crippen molar-refractivity contribution in [1.29, 1.82) is 0 Å². The highest BCUT2D eigenvalue weighted by Gasteiger charge is 2.20. The minimum atomic E-state index is -3.03. The number of rotatable bonds is 9. The van der Waals surface area contributed by atoms with Gasteiger partial charge in [0.15, 0.2) is 0 Å². The van der Waals surface area contributed by atoms with Crippen LogP contribution in [-0.4, -0.2) is 45.8 Å². The summed E-state index contributed by atoms with van der Waals surface area (Å²) in [5.41, 5.74) is 0. The van der Waals surface area contributed by atoms with E-state index >= 15 is 0 Å². The van der Waals surface area contributed by atoms with Crippen molar-refractivity contribution in [3.05, 3.63) is 0 Å². The zero-order valence-corrected chi connectivity index (χ0v) is 11.0. The van der Waals surface area contributed by atoms with Crippen LogP contribution in [-0.2, 0) is 13.6 Å². The molecule has 0 saturated carbocycles. The molecular formula is C9H23N2O3P. The average molecular weight is 238 g/mol. The van der Waals surface area contributed by atoms with Gasteiger partial charge in [0, 0.05) is 13.7 Å². The summed E-state index contributed by atoms with van der Waals surface area (Å²) in [5.74, 6) is 0. The van der Waals surface area contributed by atoms with E-state index in [1.54, 1.807) is 6.92 Å². The third-order valence-electron chi connectivity index (χ3n) is 1.88. The molecule has 0 aliphatic rings. The molecule has 0 aliphatic heterocycles. The minimum Gasteiger partial charge on any atom is -0.309 e. The van der Waals surface area contributed by atoms with Crippen LogP contribution in [0, 0.1) is 0 Å². The number of nitrogens with one attached hydrogen (secondary N) is 1. The number of hydrogen-bond acceptors (Lipinski definition) is 4. The second-order valence-electron chi connectivity index (χ2n) is 3.52. The number of nitrogens with zero attached hydrogens (tertiary/aromatic N) is 1. The quantitative estimate of drug-likeness (QED) is 0.489.